The normalized spacial score (nSPS) is 10.7. The second kappa shape index (κ2) is 9.15. The van der Waals surface area contributed by atoms with Crippen LogP contribution in [0.3, 0.4) is 0 Å². The average molecular weight is 356 g/mol. The minimum Gasteiger partial charge on any atom is -0.370 e. The molecule has 0 spiro atoms. The van der Waals surface area contributed by atoms with Crippen LogP contribution in [0.4, 0.5) is 22.2 Å². The molecule has 0 unspecified atom stereocenters. The Hall–Kier alpha value is -2.67. The predicted octanol–water partition coefficient (Wildman–Crippen LogP) is 3.41. The molecule has 0 aliphatic heterocycles. The first-order valence-electron chi connectivity index (χ1n) is 8.73. The van der Waals surface area contributed by atoms with Crippen LogP contribution < -0.4 is 16.0 Å². The summed E-state index contributed by atoms with van der Waals surface area (Å²) in [5.74, 6) is 0.985. The van der Waals surface area contributed by atoms with Gasteiger partial charge in [-0.3, -0.25) is 5.32 Å². The summed E-state index contributed by atoms with van der Waals surface area (Å²) >= 11 is 0. The van der Waals surface area contributed by atoms with E-state index in [1.54, 1.807) is 0 Å². The van der Waals surface area contributed by atoms with Gasteiger partial charge in [0, 0.05) is 24.0 Å². The summed E-state index contributed by atoms with van der Waals surface area (Å²) in [6.07, 6.45) is 1.01. The van der Waals surface area contributed by atoms with Crippen molar-refractivity contribution >= 4 is 23.5 Å². The number of urea groups is 1. The van der Waals surface area contributed by atoms with Gasteiger partial charge in [0.05, 0.1) is 0 Å². The second-order valence-electron chi connectivity index (χ2n) is 6.68. The molecule has 140 valence electrons. The van der Waals surface area contributed by atoms with Crippen molar-refractivity contribution in [3.05, 3.63) is 41.1 Å². The summed E-state index contributed by atoms with van der Waals surface area (Å²) in [7, 11) is 4.09. The van der Waals surface area contributed by atoms with Crippen LogP contribution in [0.1, 0.15) is 23.2 Å². The first-order chi connectivity index (χ1) is 12.3. The molecule has 7 heteroatoms. The van der Waals surface area contributed by atoms with Gasteiger partial charge in [0.1, 0.15) is 5.82 Å². The van der Waals surface area contributed by atoms with Crippen LogP contribution in [0, 0.1) is 20.8 Å². The number of carbonyl (C=O) groups excluding carboxylic acids is 1. The highest BCUT2D eigenvalue weighted by Crippen LogP contribution is 2.15. The van der Waals surface area contributed by atoms with E-state index in [-0.39, 0.29) is 12.0 Å². The largest absolute Gasteiger partial charge is 0.370 e. The van der Waals surface area contributed by atoms with Gasteiger partial charge in [0.2, 0.25) is 5.95 Å². The van der Waals surface area contributed by atoms with Crippen LogP contribution in [-0.4, -0.2) is 48.1 Å². The molecule has 0 bridgehead atoms. The number of carbonyl (C=O) groups is 1. The molecule has 26 heavy (non-hydrogen) atoms. The lowest BCUT2D eigenvalue weighted by molar-refractivity contribution is 0.262. The molecule has 0 saturated heterocycles. The zero-order valence-corrected chi connectivity index (χ0v) is 16.2. The maximum absolute atomic E-state index is 12.2. The highest BCUT2D eigenvalue weighted by molar-refractivity contribution is 5.98. The Balaban J connectivity index is 1.95. The monoisotopic (exact) mass is 356 g/mol. The van der Waals surface area contributed by atoms with E-state index < -0.39 is 0 Å². The lowest BCUT2D eigenvalue weighted by Crippen LogP contribution is -2.21. The first kappa shape index (κ1) is 19.7. The van der Waals surface area contributed by atoms with E-state index in [0.29, 0.717) is 5.82 Å². The first-order valence-corrected chi connectivity index (χ1v) is 8.73. The average Bonchev–Trinajstić information content (AvgIpc) is 2.54. The molecule has 3 N–H and O–H groups in total. The Labute approximate surface area is 155 Å². The van der Waals surface area contributed by atoms with E-state index >= 15 is 0 Å². The fourth-order valence-electron chi connectivity index (χ4n) is 2.41. The minimum atomic E-state index is -0.364. The van der Waals surface area contributed by atoms with Gasteiger partial charge in [-0.2, -0.15) is 4.98 Å². The molecule has 0 aliphatic rings. The molecule has 0 fully saturated rings. The number of anilines is 3. The summed E-state index contributed by atoms with van der Waals surface area (Å²) in [6, 6.07) is 7.28. The number of nitrogens with zero attached hydrogens (tertiary/aromatic N) is 3. The van der Waals surface area contributed by atoms with E-state index in [9.17, 15) is 4.79 Å². The summed E-state index contributed by atoms with van der Waals surface area (Å²) < 4.78 is 0. The van der Waals surface area contributed by atoms with Gasteiger partial charge in [0.15, 0.2) is 0 Å². The van der Waals surface area contributed by atoms with Crippen LogP contribution in [-0.2, 0) is 0 Å². The van der Waals surface area contributed by atoms with E-state index in [0.717, 1.165) is 36.5 Å². The Bertz CT molecular complexity index is 760. The SMILES string of the molecule is Cc1cc(NCCCN(C)C)nc(NC(=O)Nc2ccc(C)c(C)c2)n1. The van der Waals surface area contributed by atoms with Gasteiger partial charge in [-0.05, 0) is 71.1 Å². The summed E-state index contributed by atoms with van der Waals surface area (Å²) in [6.45, 7) is 7.73. The summed E-state index contributed by atoms with van der Waals surface area (Å²) in [5.41, 5.74) is 3.83. The van der Waals surface area contributed by atoms with E-state index in [2.05, 4.69) is 30.8 Å². The quantitative estimate of drug-likeness (QED) is 0.662. The number of hydrogen-bond acceptors (Lipinski definition) is 5. The molecule has 1 aromatic carbocycles. The number of nitrogens with one attached hydrogen (secondary N) is 3. The highest BCUT2D eigenvalue weighted by Gasteiger charge is 2.08. The maximum atomic E-state index is 12.2. The van der Waals surface area contributed by atoms with Crippen molar-refractivity contribution in [3.63, 3.8) is 0 Å². The molecule has 2 amide bonds. The smallest absolute Gasteiger partial charge is 0.326 e. The number of benzene rings is 1. The molecule has 0 atom stereocenters. The van der Waals surface area contributed by atoms with E-state index in [1.807, 2.05) is 59.1 Å². The lowest BCUT2D eigenvalue weighted by atomic mass is 10.1. The molecule has 7 nitrogen and oxygen atoms in total. The van der Waals surface area contributed by atoms with Crippen molar-refractivity contribution in [1.29, 1.82) is 0 Å². The third-order valence-corrected chi connectivity index (χ3v) is 3.93. The third-order valence-electron chi connectivity index (χ3n) is 3.93. The van der Waals surface area contributed by atoms with Crippen LogP contribution in [0.2, 0.25) is 0 Å². The van der Waals surface area contributed by atoms with Crippen molar-refractivity contribution in [2.75, 3.05) is 43.1 Å². The molecule has 0 aliphatic carbocycles. The Morgan fingerprint density at radius 3 is 2.50 bits per heavy atom. The Morgan fingerprint density at radius 2 is 1.81 bits per heavy atom. The minimum absolute atomic E-state index is 0.279. The van der Waals surface area contributed by atoms with Gasteiger partial charge in [-0.25, -0.2) is 9.78 Å². The molecule has 2 aromatic rings. The molecule has 0 radical (unpaired) electrons. The molecular weight excluding hydrogens is 328 g/mol. The fourth-order valence-corrected chi connectivity index (χ4v) is 2.41. The van der Waals surface area contributed by atoms with Gasteiger partial charge >= 0.3 is 6.03 Å². The summed E-state index contributed by atoms with van der Waals surface area (Å²) in [4.78, 5) is 23.0. The molecule has 1 heterocycles. The fraction of sp³-hybridized carbons (Fsp3) is 0.421. The molecular formula is C19H28N6O. The standard InChI is InChI=1S/C19H28N6O/c1-13-7-8-16(11-14(13)2)22-19(26)24-18-21-15(3)12-17(23-18)20-9-6-10-25(4)5/h7-8,11-12H,6,9-10H2,1-5H3,(H3,20,21,22,23,24,26). The van der Waals surface area contributed by atoms with Gasteiger partial charge < -0.3 is 15.5 Å². The van der Waals surface area contributed by atoms with Crippen LogP contribution >= 0.6 is 0 Å². The number of hydrogen-bond donors (Lipinski definition) is 3. The van der Waals surface area contributed by atoms with Crippen molar-refractivity contribution < 1.29 is 4.79 Å². The second-order valence-corrected chi connectivity index (χ2v) is 6.68. The van der Waals surface area contributed by atoms with Crippen LogP contribution in [0.5, 0.6) is 0 Å². The van der Waals surface area contributed by atoms with Crippen molar-refractivity contribution in [2.45, 2.75) is 27.2 Å². The zero-order valence-electron chi connectivity index (χ0n) is 16.2. The Kier molecular flexibility index (Phi) is 6.91. The van der Waals surface area contributed by atoms with Crippen molar-refractivity contribution in [3.8, 4) is 0 Å². The molecule has 2 rings (SSSR count). The number of aromatic nitrogens is 2. The lowest BCUT2D eigenvalue weighted by Gasteiger charge is -2.12. The van der Waals surface area contributed by atoms with E-state index in [4.69, 9.17) is 0 Å². The number of aryl methyl sites for hydroxylation is 3. The Morgan fingerprint density at radius 1 is 1.04 bits per heavy atom. The molecule has 0 saturated carbocycles. The predicted molar refractivity (Wildman–Crippen MR) is 107 cm³/mol. The van der Waals surface area contributed by atoms with Crippen molar-refractivity contribution in [2.24, 2.45) is 0 Å². The summed E-state index contributed by atoms with van der Waals surface area (Å²) in [5, 5.41) is 8.77. The van der Waals surface area contributed by atoms with Gasteiger partial charge in [-0.15, -0.1) is 0 Å². The molecule has 1 aromatic heterocycles. The number of amides is 2. The third kappa shape index (κ3) is 6.33. The van der Waals surface area contributed by atoms with Crippen LogP contribution in [0.15, 0.2) is 24.3 Å². The number of rotatable bonds is 7. The topological polar surface area (TPSA) is 82.2 Å². The van der Waals surface area contributed by atoms with Crippen molar-refractivity contribution in [1.82, 2.24) is 14.9 Å². The van der Waals surface area contributed by atoms with Gasteiger partial charge in [0.25, 0.3) is 0 Å². The maximum Gasteiger partial charge on any atom is 0.326 e. The zero-order chi connectivity index (χ0) is 19.1. The van der Waals surface area contributed by atoms with Gasteiger partial charge in [-0.1, -0.05) is 6.07 Å². The van der Waals surface area contributed by atoms with Crippen LogP contribution in [0.25, 0.3) is 0 Å². The highest BCUT2D eigenvalue weighted by atomic mass is 16.2. The van der Waals surface area contributed by atoms with E-state index in [1.165, 1.54) is 5.56 Å².